The van der Waals surface area contributed by atoms with E-state index in [1.54, 1.807) is 0 Å². The number of nitrogens with zero attached hydrogens (tertiary/aromatic N) is 3. The number of non-ortho nitro benzene ring substituents is 1. The maximum atomic E-state index is 11.2. The van der Waals surface area contributed by atoms with Crippen LogP contribution in [-0.4, -0.2) is 14.8 Å². The van der Waals surface area contributed by atoms with Crippen molar-refractivity contribution in [3.63, 3.8) is 0 Å². The second-order valence-electron chi connectivity index (χ2n) is 4.50. The van der Waals surface area contributed by atoms with E-state index in [0.717, 1.165) is 0 Å². The molecule has 1 N–H and O–H groups in total. The largest absolute Gasteiger partial charge is 0.343 e. The Bertz CT molecular complexity index is 885. The highest BCUT2D eigenvalue weighted by Crippen LogP contribution is 2.42. The number of hydrogen-bond acceptors (Lipinski definition) is 7. The number of nitro benzene ring substituents is 3. The molecule has 0 amide bonds. The van der Waals surface area contributed by atoms with Gasteiger partial charge in [-0.25, -0.2) is 0 Å². The minimum Gasteiger partial charge on any atom is -0.343 e. The van der Waals surface area contributed by atoms with E-state index >= 15 is 0 Å². The molecule has 10 nitrogen and oxygen atoms in total. The lowest BCUT2D eigenvalue weighted by Crippen LogP contribution is -2.04. The number of nitro groups is 3. The van der Waals surface area contributed by atoms with Gasteiger partial charge in [0, 0.05) is 0 Å². The minimum atomic E-state index is -0.992. The second-order valence-corrected chi connectivity index (χ2v) is 5.72. The van der Waals surface area contributed by atoms with Crippen LogP contribution in [0, 0.1) is 30.3 Å². The molecule has 0 atom stereocenters. The molecule has 0 spiro atoms. The lowest BCUT2D eigenvalue weighted by molar-refractivity contribution is -0.401. The fourth-order valence-electron chi connectivity index (χ4n) is 1.87. The van der Waals surface area contributed by atoms with Crippen molar-refractivity contribution in [3.8, 4) is 0 Å². The van der Waals surface area contributed by atoms with E-state index < -0.39 is 37.5 Å². The maximum Gasteiger partial charge on any atom is 0.306 e. The average Bonchev–Trinajstić information content (AvgIpc) is 2.51. The van der Waals surface area contributed by atoms with Crippen LogP contribution in [0.15, 0.2) is 24.3 Å². The molecule has 2 aromatic rings. The molecule has 0 radical (unpaired) electrons. The van der Waals surface area contributed by atoms with E-state index in [1.165, 1.54) is 12.1 Å². The number of nitrogens with one attached hydrogen (secondary N) is 1. The lowest BCUT2D eigenvalue weighted by Gasteiger charge is -2.10. The molecule has 0 unspecified atom stereocenters. The van der Waals surface area contributed by atoms with Crippen molar-refractivity contribution in [1.29, 1.82) is 0 Å². The van der Waals surface area contributed by atoms with E-state index in [4.69, 9.17) is 34.8 Å². The molecule has 0 aliphatic carbocycles. The molecule has 0 fully saturated rings. The molecule has 2 aromatic carbocycles. The fourth-order valence-corrected chi connectivity index (χ4v) is 2.47. The first-order valence-electron chi connectivity index (χ1n) is 6.14. The van der Waals surface area contributed by atoms with Gasteiger partial charge in [0.25, 0.3) is 5.69 Å². The second kappa shape index (κ2) is 7.05. The molecule has 0 bridgehead atoms. The normalized spacial score (nSPS) is 10.4. The summed E-state index contributed by atoms with van der Waals surface area (Å²) in [5.41, 5.74) is -3.13. The lowest BCUT2D eigenvalue weighted by atomic mass is 10.2. The van der Waals surface area contributed by atoms with Crippen LogP contribution in [0.25, 0.3) is 0 Å². The summed E-state index contributed by atoms with van der Waals surface area (Å²) in [4.78, 5) is 30.3. The van der Waals surface area contributed by atoms with Crippen LogP contribution in [0.1, 0.15) is 0 Å². The van der Waals surface area contributed by atoms with E-state index in [9.17, 15) is 30.3 Å². The molecule has 13 heteroatoms. The van der Waals surface area contributed by atoms with Crippen molar-refractivity contribution in [1.82, 2.24) is 0 Å². The Hall–Kier alpha value is -2.69. The van der Waals surface area contributed by atoms with Crippen molar-refractivity contribution < 1.29 is 14.8 Å². The molecule has 130 valence electrons. The summed E-state index contributed by atoms with van der Waals surface area (Å²) >= 11 is 17.6. The Balaban J connectivity index is 2.71. The van der Waals surface area contributed by atoms with Crippen molar-refractivity contribution in [2.75, 3.05) is 5.32 Å². The Kier molecular flexibility index (Phi) is 5.26. The average molecular weight is 408 g/mol. The van der Waals surface area contributed by atoms with Crippen molar-refractivity contribution >= 4 is 63.2 Å². The Morgan fingerprint density at radius 1 is 0.720 bits per heavy atom. The molecule has 25 heavy (non-hydrogen) atoms. The van der Waals surface area contributed by atoms with Crippen LogP contribution in [0.4, 0.5) is 28.4 Å². The highest BCUT2D eigenvalue weighted by Gasteiger charge is 2.31. The molecule has 0 saturated carbocycles. The number of hydrogen-bond donors (Lipinski definition) is 1. The van der Waals surface area contributed by atoms with E-state index in [2.05, 4.69) is 5.32 Å². The van der Waals surface area contributed by atoms with Gasteiger partial charge in [0.15, 0.2) is 5.69 Å². The molecule has 0 heterocycles. The third-order valence-electron chi connectivity index (χ3n) is 2.96. The zero-order valence-corrected chi connectivity index (χ0v) is 14.0. The Morgan fingerprint density at radius 3 is 1.64 bits per heavy atom. The molecule has 2 rings (SSSR count). The summed E-state index contributed by atoms with van der Waals surface area (Å²) in [7, 11) is 0. The standard InChI is InChI=1S/C12H5Cl3N4O6/c13-6-3-8(15)9(4-7(6)14)16-12-10(18(22)23)1-5(17(20)21)2-11(12)19(24)25/h1-4,16H. The van der Waals surface area contributed by atoms with Crippen molar-refractivity contribution in [3.05, 3.63) is 69.7 Å². The molecule has 0 aliphatic heterocycles. The number of halogens is 3. The van der Waals surface area contributed by atoms with E-state index in [1.807, 2.05) is 0 Å². The minimum absolute atomic E-state index is 0.00359. The highest BCUT2D eigenvalue weighted by atomic mass is 35.5. The number of benzene rings is 2. The van der Waals surface area contributed by atoms with E-state index in [0.29, 0.717) is 12.1 Å². The number of anilines is 2. The maximum absolute atomic E-state index is 11.2. The van der Waals surface area contributed by atoms with Crippen molar-refractivity contribution in [2.45, 2.75) is 0 Å². The van der Waals surface area contributed by atoms with Crippen LogP contribution < -0.4 is 5.32 Å². The summed E-state index contributed by atoms with van der Waals surface area (Å²) in [5, 5.41) is 35.8. The quantitative estimate of drug-likeness (QED) is 0.412. The van der Waals surface area contributed by atoms with Crippen LogP contribution >= 0.6 is 34.8 Å². The molecule has 0 saturated heterocycles. The SMILES string of the molecule is O=[N+]([O-])c1cc([N+](=O)[O-])c(Nc2cc(Cl)c(Cl)cc2Cl)c([N+](=O)[O-])c1. The smallest absolute Gasteiger partial charge is 0.306 e. The summed E-state index contributed by atoms with van der Waals surface area (Å²) < 4.78 is 0. The predicted molar refractivity (Wildman–Crippen MR) is 91.2 cm³/mol. The van der Waals surface area contributed by atoms with Crippen LogP contribution in [-0.2, 0) is 0 Å². The zero-order chi connectivity index (χ0) is 18.9. The predicted octanol–water partition coefficient (Wildman–Crippen LogP) is 5.12. The monoisotopic (exact) mass is 406 g/mol. The van der Waals surface area contributed by atoms with E-state index in [-0.39, 0.29) is 20.8 Å². The third-order valence-corrected chi connectivity index (χ3v) is 3.99. The topological polar surface area (TPSA) is 141 Å². The summed E-state index contributed by atoms with van der Waals surface area (Å²) in [6.07, 6.45) is 0. The molecular weight excluding hydrogens is 403 g/mol. The third kappa shape index (κ3) is 3.87. The molecule has 0 aromatic heterocycles. The fraction of sp³-hybridized carbons (Fsp3) is 0. The van der Waals surface area contributed by atoms with Crippen molar-refractivity contribution in [2.24, 2.45) is 0 Å². The summed E-state index contributed by atoms with van der Waals surface area (Å²) in [6, 6.07) is 3.64. The first kappa shape index (κ1) is 18.6. The van der Waals surface area contributed by atoms with Gasteiger partial charge in [-0.15, -0.1) is 0 Å². The molecular formula is C12H5Cl3N4O6. The Labute approximate surface area is 153 Å². The van der Waals surface area contributed by atoms with Gasteiger partial charge in [-0.3, -0.25) is 30.3 Å². The summed E-state index contributed by atoms with van der Waals surface area (Å²) in [5.74, 6) is 0. The first-order chi connectivity index (χ1) is 11.6. The van der Waals surface area contributed by atoms with Gasteiger partial charge >= 0.3 is 11.4 Å². The highest BCUT2D eigenvalue weighted by molar-refractivity contribution is 6.44. The van der Waals surface area contributed by atoms with Gasteiger partial charge in [-0.1, -0.05) is 34.8 Å². The van der Waals surface area contributed by atoms with Gasteiger partial charge in [-0.05, 0) is 12.1 Å². The first-order valence-corrected chi connectivity index (χ1v) is 7.28. The van der Waals surface area contributed by atoms with Gasteiger partial charge in [0.1, 0.15) is 0 Å². The Morgan fingerprint density at radius 2 is 1.20 bits per heavy atom. The van der Waals surface area contributed by atoms with Crippen LogP contribution in [0.2, 0.25) is 15.1 Å². The van der Waals surface area contributed by atoms with Crippen LogP contribution in [0.3, 0.4) is 0 Å². The van der Waals surface area contributed by atoms with Gasteiger partial charge in [-0.2, -0.15) is 0 Å². The van der Waals surface area contributed by atoms with Crippen LogP contribution in [0.5, 0.6) is 0 Å². The van der Waals surface area contributed by atoms with Gasteiger partial charge < -0.3 is 5.32 Å². The van der Waals surface area contributed by atoms with Gasteiger partial charge in [0.2, 0.25) is 0 Å². The zero-order valence-electron chi connectivity index (χ0n) is 11.7. The summed E-state index contributed by atoms with van der Waals surface area (Å²) in [6.45, 7) is 0. The molecule has 0 aliphatic rings. The van der Waals surface area contributed by atoms with Gasteiger partial charge in [0.05, 0.1) is 47.7 Å². The number of rotatable bonds is 5.